The molecule has 0 unspecified atom stereocenters. The fourth-order valence-electron chi connectivity index (χ4n) is 1.38. The summed E-state index contributed by atoms with van der Waals surface area (Å²) in [5.74, 6) is -0.121. The molecule has 0 amide bonds. The van der Waals surface area contributed by atoms with E-state index in [9.17, 15) is 12.8 Å². The van der Waals surface area contributed by atoms with Gasteiger partial charge in [0.1, 0.15) is 0 Å². The van der Waals surface area contributed by atoms with E-state index in [4.69, 9.17) is 0 Å². The molecular weight excluding hydrogens is 329 g/mol. The second-order valence-corrected chi connectivity index (χ2v) is 8.13. The molecule has 98 valence electrons. The van der Waals surface area contributed by atoms with Crippen LogP contribution in [0.3, 0.4) is 0 Å². The van der Waals surface area contributed by atoms with Gasteiger partial charge in [0, 0.05) is 18.0 Å². The summed E-state index contributed by atoms with van der Waals surface area (Å²) in [7, 11) is -3.34. The Morgan fingerprint density at radius 1 is 1.47 bits per heavy atom. The third kappa shape index (κ3) is 4.65. The highest BCUT2D eigenvalue weighted by atomic mass is 79.9. The smallest absolute Gasteiger partial charge is 0.214 e. The van der Waals surface area contributed by atoms with Crippen LogP contribution in [-0.4, -0.2) is 31.7 Å². The van der Waals surface area contributed by atoms with E-state index in [0.29, 0.717) is 13.1 Å². The van der Waals surface area contributed by atoms with Gasteiger partial charge >= 0.3 is 0 Å². The van der Waals surface area contributed by atoms with Crippen LogP contribution in [0.2, 0.25) is 0 Å². The van der Waals surface area contributed by atoms with Gasteiger partial charge in [0.15, 0.2) is 0 Å². The van der Waals surface area contributed by atoms with Crippen LogP contribution in [0.25, 0.3) is 0 Å². The summed E-state index contributed by atoms with van der Waals surface area (Å²) in [5.41, 5.74) is 0. The molecule has 0 aliphatic carbocycles. The van der Waals surface area contributed by atoms with Crippen LogP contribution in [0, 0.1) is 0 Å². The molecule has 0 saturated heterocycles. The number of sulfonamides is 1. The first-order chi connectivity index (χ1) is 7.99. The quantitative estimate of drug-likeness (QED) is 0.763. The molecule has 0 saturated carbocycles. The summed E-state index contributed by atoms with van der Waals surface area (Å²) in [5, 5.41) is 0. The zero-order valence-corrected chi connectivity index (χ0v) is 12.7. The van der Waals surface area contributed by atoms with Crippen molar-refractivity contribution >= 4 is 37.3 Å². The van der Waals surface area contributed by atoms with Gasteiger partial charge in [0.05, 0.1) is 16.2 Å². The standard InChI is InChI=1S/C10H15BrFNO2S2/c1-2-13(17(14,15)7-3-6-12)8-9-4-5-10(11)16-9/h4-5H,2-3,6-8H2,1H3. The summed E-state index contributed by atoms with van der Waals surface area (Å²) in [6.07, 6.45) is 0.0625. The number of hydrogen-bond donors (Lipinski definition) is 0. The van der Waals surface area contributed by atoms with Crippen molar-refractivity contribution in [2.75, 3.05) is 19.0 Å². The van der Waals surface area contributed by atoms with Crippen molar-refractivity contribution in [3.8, 4) is 0 Å². The Balaban J connectivity index is 2.71. The third-order valence-corrected chi connectivity index (χ3v) is 5.83. The topological polar surface area (TPSA) is 37.4 Å². The molecule has 0 aliphatic rings. The Hall–Kier alpha value is 0.0200. The van der Waals surface area contributed by atoms with E-state index >= 15 is 0 Å². The molecule has 3 nitrogen and oxygen atoms in total. The molecule has 0 spiro atoms. The zero-order chi connectivity index (χ0) is 12.9. The molecule has 1 heterocycles. The number of hydrogen-bond acceptors (Lipinski definition) is 3. The second-order valence-electron chi connectivity index (χ2n) is 3.49. The SMILES string of the molecule is CCN(Cc1ccc(Br)s1)S(=O)(=O)CCCF. The number of alkyl halides is 1. The average molecular weight is 344 g/mol. The normalized spacial score (nSPS) is 12.2. The highest BCUT2D eigenvalue weighted by Gasteiger charge is 2.20. The first kappa shape index (κ1) is 15.1. The van der Waals surface area contributed by atoms with Gasteiger partial charge in [-0.25, -0.2) is 8.42 Å². The lowest BCUT2D eigenvalue weighted by molar-refractivity contribution is 0.419. The van der Waals surface area contributed by atoms with Crippen molar-refractivity contribution < 1.29 is 12.8 Å². The van der Waals surface area contributed by atoms with E-state index in [2.05, 4.69) is 15.9 Å². The monoisotopic (exact) mass is 343 g/mol. The Kier molecular flexibility index (Phi) is 6.05. The van der Waals surface area contributed by atoms with Crippen LogP contribution in [-0.2, 0) is 16.6 Å². The van der Waals surface area contributed by atoms with Gasteiger partial charge in [-0.2, -0.15) is 4.31 Å². The van der Waals surface area contributed by atoms with Crippen LogP contribution in [0.15, 0.2) is 15.9 Å². The predicted octanol–water partition coefficient (Wildman–Crippen LogP) is 3.02. The van der Waals surface area contributed by atoms with E-state index in [-0.39, 0.29) is 12.2 Å². The molecule has 17 heavy (non-hydrogen) atoms. The van der Waals surface area contributed by atoms with Crippen LogP contribution in [0.4, 0.5) is 4.39 Å². The van der Waals surface area contributed by atoms with Crippen molar-refractivity contribution in [3.05, 3.63) is 20.8 Å². The van der Waals surface area contributed by atoms with E-state index in [1.807, 2.05) is 12.1 Å². The maximum absolute atomic E-state index is 12.0. The molecule has 0 bridgehead atoms. The molecule has 1 rings (SSSR count). The lowest BCUT2D eigenvalue weighted by atomic mass is 10.4. The highest BCUT2D eigenvalue weighted by molar-refractivity contribution is 9.11. The predicted molar refractivity (Wildman–Crippen MR) is 72.5 cm³/mol. The molecule has 0 radical (unpaired) electrons. The molecular formula is C10H15BrFNO2S2. The van der Waals surface area contributed by atoms with E-state index in [0.717, 1.165) is 8.66 Å². The number of rotatable bonds is 7. The van der Waals surface area contributed by atoms with Crippen LogP contribution in [0.1, 0.15) is 18.2 Å². The van der Waals surface area contributed by atoms with Crippen molar-refractivity contribution in [2.45, 2.75) is 19.9 Å². The fraction of sp³-hybridized carbons (Fsp3) is 0.600. The van der Waals surface area contributed by atoms with Crippen LogP contribution < -0.4 is 0 Å². The third-order valence-electron chi connectivity index (χ3n) is 2.24. The van der Waals surface area contributed by atoms with Crippen LogP contribution in [0.5, 0.6) is 0 Å². The largest absolute Gasteiger partial charge is 0.251 e. The van der Waals surface area contributed by atoms with E-state index < -0.39 is 16.7 Å². The first-order valence-corrected chi connectivity index (χ1v) is 8.49. The summed E-state index contributed by atoms with van der Waals surface area (Å²) < 4.78 is 38.2. The van der Waals surface area contributed by atoms with Gasteiger partial charge in [0.25, 0.3) is 0 Å². The zero-order valence-electron chi connectivity index (χ0n) is 9.53. The van der Waals surface area contributed by atoms with E-state index in [1.165, 1.54) is 15.6 Å². The minimum Gasteiger partial charge on any atom is -0.251 e. The van der Waals surface area contributed by atoms with Crippen LogP contribution >= 0.6 is 27.3 Å². The van der Waals surface area contributed by atoms with Gasteiger partial charge < -0.3 is 0 Å². The lowest BCUT2D eigenvalue weighted by Crippen LogP contribution is -2.32. The summed E-state index contributed by atoms with van der Waals surface area (Å²) >= 11 is 4.85. The van der Waals surface area contributed by atoms with Gasteiger partial charge in [-0.15, -0.1) is 11.3 Å². The average Bonchev–Trinajstić information content (AvgIpc) is 2.69. The highest BCUT2D eigenvalue weighted by Crippen LogP contribution is 2.24. The van der Waals surface area contributed by atoms with Crippen molar-refractivity contribution in [3.63, 3.8) is 0 Å². The molecule has 7 heteroatoms. The van der Waals surface area contributed by atoms with E-state index in [1.54, 1.807) is 6.92 Å². The molecule has 1 aromatic rings. The van der Waals surface area contributed by atoms with Crippen molar-refractivity contribution in [1.29, 1.82) is 0 Å². The minimum atomic E-state index is -3.34. The molecule has 0 aromatic carbocycles. The summed E-state index contributed by atoms with van der Waals surface area (Å²) in [4.78, 5) is 0.975. The van der Waals surface area contributed by atoms with Gasteiger partial charge in [-0.1, -0.05) is 6.92 Å². The second kappa shape index (κ2) is 6.82. The summed E-state index contributed by atoms with van der Waals surface area (Å²) in [6.45, 7) is 1.96. The Morgan fingerprint density at radius 3 is 2.65 bits per heavy atom. The maximum Gasteiger partial charge on any atom is 0.214 e. The molecule has 1 aromatic heterocycles. The van der Waals surface area contributed by atoms with Crippen molar-refractivity contribution in [2.24, 2.45) is 0 Å². The first-order valence-electron chi connectivity index (χ1n) is 5.27. The Morgan fingerprint density at radius 2 is 2.18 bits per heavy atom. The molecule has 0 fully saturated rings. The number of nitrogens with zero attached hydrogens (tertiary/aromatic N) is 1. The van der Waals surface area contributed by atoms with Crippen molar-refractivity contribution in [1.82, 2.24) is 4.31 Å². The number of halogens is 2. The maximum atomic E-state index is 12.0. The molecule has 0 N–H and O–H groups in total. The fourth-order valence-corrected chi connectivity index (χ4v) is 4.43. The summed E-state index contributed by atoms with van der Waals surface area (Å²) in [6, 6.07) is 3.78. The van der Waals surface area contributed by atoms with Gasteiger partial charge in [-0.3, -0.25) is 4.39 Å². The Labute approximate surface area is 114 Å². The number of thiophene rings is 1. The van der Waals surface area contributed by atoms with Gasteiger partial charge in [0.2, 0.25) is 10.0 Å². The lowest BCUT2D eigenvalue weighted by Gasteiger charge is -2.19. The van der Waals surface area contributed by atoms with Gasteiger partial charge in [-0.05, 0) is 34.5 Å². The minimum absolute atomic E-state index is 0.0625. The molecule has 0 aliphatic heterocycles. The Bertz CT molecular complexity index is 447. The molecule has 0 atom stereocenters.